The molecule has 1 aromatic rings. The summed E-state index contributed by atoms with van der Waals surface area (Å²) in [5, 5.41) is 28.0. The van der Waals surface area contributed by atoms with Gasteiger partial charge in [-0.3, -0.25) is 10.1 Å². The summed E-state index contributed by atoms with van der Waals surface area (Å²) in [7, 11) is 0. The van der Waals surface area contributed by atoms with Crippen LogP contribution in [0.3, 0.4) is 0 Å². The van der Waals surface area contributed by atoms with Crippen molar-refractivity contribution in [3.8, 4) is 0 Å². The molecule has 0 aliphatic heterocycles. The van der Waals surface area contributed by atoms with E-state index in [0.717, 1.165) is 12.2 Å². The molecular weight excluding hydrogens is 290 g/mol. The first kappa shape index (κ1) is 15.4. The maximum Gasteiger partial charge on any atom is 0.343 e. The summed E-state index contributed by atoms with van der Waals surface area (Å²) in [5.74, 6) is -3.18. The lowest BCUT2D eigenvalue weighted by molar-refractivity contribution is -0.384. The number of hydrogen-bond acceptors (Lipinski definition) is 4. The number of rotatable bonds is 5. The van der Waals surface area contributed by atoms with Gasteiger partial charge in [0.25, 0.3) is 5.69 Å². The molecule has 0 unspecified atom stereocenters. The van der Waals surface area contributed by atoms with E-state index < -0.39 is 22.4 Å². The van der Waals surface area contributed by atoms with Crippen LogP contribution in [0.2, 0.25) is 5.02 Å². The van der Waals surface area contributed by atoms with E-state index in [4.69, 9.17) is 21.8 Å². The van der Waals surface area contributed by atoms with Crippen molar-refractivity contribution in [3.05, 3.63) is 56.6 Å². The SMILES string of the molecule is O=C(O)C(=C/C=C/c1cc([N+](=O)[O-])ccc1Cl)C(=O)O. The average Bonchev–Trinajstić information content (AvgIpc) is 2.35. The highest BCUT2D eigenvalue weighted by Gasteiger charge is 2.14. The Balaban J connectivity index is 3.09. The minimum atomic E-state index is -1.59. The molecule has 0 aliphatic rings. The number of nitro groups is 1. The third kappa shape index (κ3) is 3.92. The van der Waals surface area contributed by atoms with Gasteiger partial charge in [-0.25, -0.2) is 9.59 Å². The molecule has 0 radical (unpaired) electrons. The van der Waals surface area contributed by atoms with Crippen LogP contribution in [0.5, 0.6) is 0 Å². The summed E-state index contributed by atoms with van der Waals surface area (Å²) in [4.78, 5) is 31.2. The number of halogens is 1. The fourth-order valence-electron chi connectivity index (χ4n) is 1.25. The quantitative estimate of drug-likeness (QED) is 0.215. The van der Waals surface area contributed by atoms with E-state index in [1.165, 1.54) is 24.3 Å². The fourth-order valence-corrected chi connectivity index (χ4v) is 1.44. The zero-order chi connectivity index (χ0) is 15.3. The number of aliphatic carboxylic acids is 2. The Hall–Kier alpha value is -2.67. The maximum absolute atomic E-state index is 10.6. The second-order valence-electron chi connectivity index (χ2n) is 3.51. The number of nitro benzene ring substituents is 1. The zero-order valence-electron chi connectivity index (χ0n) is 9.82. The minimum absolute atomic E-state index is 0.185. The maximum atomic E-state index is 10.6. The highest BCUT2D eigenvalue weighted by atomic mass is 35.5. The Bertz CT molecular complexity index is 619. The van der Waals surface area contributed by atoms with Crippen molar-refractivity contribution in [2.45, 2.75) is 0 Å². The van der Waals surface area contributed by atoms with E-state index in [9.17, 15) is 19.7 Å². The second kappa shape index (κ2) is 6.48. The van der Waals surface area contributed by atoms with Crippen molar-refractivity contribution in [3.63, 3.8) is 0 Å². The van der Waals surface area contributed by atoms with Gasteiger partial charge in [0.05, 0.1) is 4.92 Å². The summed E-state index contributed by atoms with van der Waals surface area (Å²) >= 11 is 5.81. The monoisotopic (exact) mass is 297 g/mol. The predicted octanol–water partition coefficient (Wildman–Crippen LogP) is 2.36. The zero-order valence-corrected chi connectivity index (χ0v) is 10.6. The molecule has 0 aliphatic carbocycles. The highest BCUT2D eigenvalue weighted by Crippen LogP contribution is 2.23. The normalized spacial score (nSPS) is 10.2. The van der Waals surface area contributed by atoms with Crippen LogP contribution in [-0.2, 0) is 9.59 Å². The lowest BCUT2D eigenvalue weighted by atomic mass is 10.1. The number of hydrogen-bond donors (Lipinski definition) is 2. The average molecular weight is 298 g/mol. The number of benzene rings is 1. The summed E-state index contributed by atoms with van der Waals surface area (Å²) < 4.78 is 0. The Labute approximate surface area is 117 Å². The van der Waals surface area contributed by atoms with Gasteiger partial charge in [0, 0.05) is 17.2 Å². The van der Waals surface area contributed by atoms with Gasteiger partial charge < -0.3 is 10.2 Å². The van der Waals surface area contributed by atoms with Gasteiger partial charge in [-0.2, -0.15) is 0 Å². The van der Waals surface area contributed by atoms with Crippen LogP contribution in [-0.4, -0.2) is 27.1 Å². The molecule has 0 saturated heterocycles. The van der Waals surface area contributed by atoms with E-state index in [0.29, 0.717) is 0 Å². The lowest BCUT2D eigenvalue weighted by Crippen LogP contribution is -2.10. The molecule has 104 valence electrons. The summed E-state index contributed by atoms with van der Waals surface area (Å²) in [5.41, 5.74) is -0.746. The molecule has 2 N–H and O–H groups in total. The molecule has 8 heteroatoms. The van der Waals surface area contributed by atoms with Gasteiger partial charge >= 0.3 is 11.9 Å². The highest BCUT2D eigenvalue weighted by molar-refractivity contribution is 6.32. The third-order valence-corrected chi connectivity index (χ3v) is 2.53. The van der Waals surface area contributed by atoms with E-state index >= 15 is 0 Å². The molecule has 20 heavy (non-hydrogen) atoms. The molecule has 7 nitrogen and oxygen atoms in total. The Kier molecular flexibility index (Phi) is 4.99. The van der Waals surface area contributed by atoms with Crippen molar-refractivity contribution in [1.29, 1.82) is 0 Å². The largest absolute Gasteiger partial charge is 0.477 e. The van der Waals surface area contributed by atoms with Crippen LogP contribution in [0.1, 0.15) is 5.56 Å². The number of carboxylic acid groups (broad SMARTS) is 2. The van der Waals surface area contributed by atoms with Crippen LogP contribution < -0.4 is 0 Å². The molecule has 1 rings (SSSR count). The van der Waals surface area contributed by atoms with Crippen molar-refractivity contribution in [2.24, 2.45) is 0 Å². The van der Waals surface area contributed by atoms with Crippen LogP contribution >= 0.6 is 11.6 Å². The van der Waals surface area contributed by atoms with E-state index in [1.54, 1.807) is 0 Å². The molecule has 0 heterocycles. The predicted molar refractivity (Wildman–Crippen MR) is 70.5 cm³/mol. The molecule has 0 amide bonds. The van der Waals surface area contributed by atoms with Crippen molar-refractivity contribution < 1.29 is 24.7 Å². The standard InChI is InChI=1S/C12H8ClNO6/c13-10-5-4-8(14(19)20)6-7(10)2-1-3-9(11(15)16)12(17)18/h1-6H,(H,15,16)(H,17,18)/b2-1+. The van der Waals surface area contributed by atoms with Gasteiger partial charge in [0.15, 0.2) is 0 Å². The van der Waals surface area contributed by atoms with Gasteiger partial charge in [0.2, 0.25) is 0 Å². The molecule has 0 aromatic heterocycles. The second-order valence-corrected chi connectivity index (χ2v) is 3.92. The van der Waals surface area contributed by atoms with E-state index in [-0.39, 0.29) is 16.3 Å². The first-order valence-electron chi connectivity index (χ1n) is 5.12. The number of allylic oxidation sites excluding steroid dienone is 2. The summed E-state index contributed by atoms with van der Waals surface area (Å²) in [6, 6.07) is 3.72. The Morgan fingerprint density at radius 2 is 1.85 bits per heavy atom. The minimum Gasteiger partial charge on any atom is -0.477 e. The molecule has 0 fully saturated rings. The third-order valence-electron chi connectivity index (χ3n) is 2.19. The first-order chi connectivity index (χ1) is 9.32. The Morgan fingerprint density at radius 1 is 1.25 bits per heavy atom. The van der Waals surface area contributed by atoms with Gasteiger partial charge in [-0.15, -0.1) is 0 Å². The summed E-state index contributed by atoms with van der Waals surface area (Å²) in [6.07, 6.45) is 3.28. The molecular formula is C12H8ClNO6. The number of carboxylic acids is 2. The fraction of sp³-hybridized carbons (Fsp3) is 0. The van der Waals surface area contributed by atoms with Crippen LogP contribution in [0.25, 0.3) is 6.08 Å². The Morgan fingerprint density at radius 3 is 2.35 bits per heavy atom. The van der Waals surface area contributed by atoms with Crippen molar-refractivity contribution >= 4 is 35.3 Å². The van der Waals surface area contributed by atoms with E-state index in [2.05, 4.69) is 0 Å². The topological polar surface area (TPSA) is 118 Å². The van der Waals surface area contributed by atoms with Gasteiger partial charge in [0.1, 0.15) is 5.57 Å². The number of carbonyl (C=O) groups is 2. The van der Waals surface area contributed by atoms with Crippen LogP contribution in [0.4, 0.5) is 5.69 Å². The molecule has 0 atom stereocenters. The van der Waals surface area contributed by atoms with Gasteiger partial charge in [-0.1, -0.05) is 23.8 Å². The summed E-state index contributed by atoms with van der Waals surface area (Å²) in [6.45, 7) is 0. The van der Waals surface area contributed by atoms with Crippen molar-refractivity contribution in [2.75, 3.05) is 0 Å². The molecule has 1 aromatic carbocycles. The molecule has 0 saturated carbocycles. The first-order valence-corrected chi connectivity index (χ1v) is 5.49. The van der Waals surface area contributed by atoms with Crippen molar-refractivity contribution in [1.82, 2.24) is 0 Å². The van der Waals surface area contributed by atoms with Gasteiger partial charge in [-0.05, 0) is 17.7 Å². The molecule has 0 spiro atoms. The molecule has 0 bridgehead atoms. The number of nitrogens with zero attached hydrogens (tertiary/aromatic N) is 1. The lowest BCUT2D eigenvalue weighted by Gasteiger charge is -1.98. The van der Waals surface area contributed by atoms with Crippen LogP contribution in [0, 0.1) is 10.1 Å². The number of non-ortho nitro benzene ring substituents is 1. The smallest absolute Gasteiger partial charge is 0.343 e. The van der Waals surface area contributed by atoms with Crippen LogP contribution in [0.15, 0.2) is 35.9 Å². The van der Waals surface area contributed by atoms with E-state index in [1.807, 2.05) is 0 Å².